The standard InChI is InChI=1S/C19H20ClFN4O2S/c20-13-8-12(4-5-14(13)21)22-17(26)10-25-7-6-15-16(9-25)28-19(23-15)24-18(27)11-2-1-3-11/h4-5,8,11H,1-3,6-7,9-10H2,(H,22,26)(H,23,24,27). The summed E-state index contributed by atoms with van der Waals surface area (Å²) in [6, 6.07) is 4.10. The third-order valence-corrected chi connectivity index (χ3v) is 6.37. The first kappa shape index (κ1) is 19.3. The van der Waals surface area contributed by atoms with Crippen LogP contribution in [0.3, 0.4) is 0 Å². The minimum atomic E-state index is -0.520. The average Bonchev–Trinajstić information content (AvgIpc) is 2.97. The Hall–Kier alpha value is -2.03. The third kappa shape index (κ3) is 4.34. The zero-order valence-corrected chi connectivity index (χ0v) is 16.7. The predicted octanol–water partition coefficient (Wildman–Crippen LogP) is 3.67. The van der Waals surface area contributed by atoms with Crippen molar-refractivity contribution in [1.29, 1.82) is 0 Å². The van der Waals surface area contributed by atoms with Crippen LogP contribution in [-0.2, 0) is 22.6 Å². The van der Waals surface area contributed by atoms with Crippen molar-refractivity contribution < 1.29 is 14.0 Å². The third-order valence-electron chi connectivity index (χ3n) is 5.09. The van der Waals surface area contributed by atoms with Crippen LogP contribution in [0.5, 0.6) is 0 Å². The maximum Gasteiger partial charge on any atom is 0.238 e. The van der Waals surface area contributed by atoms with Crippen molar-refractivity contribution in [2.24, 2.45) is 5.92 Å². The highest BCUT2D eigenvalue weighted by Crippen LogP contribution is 2.31. The molecule has 2 aliphatic rings. The Balaban J connectivity index is 1.32. The van der Waals surface area contributed by atoms with Gasteiger partial charge in [0, 0.05) is 36.0 Å². The number of hydrogen-bond acceptors (Lipinski definition) is 5. The minimum Gasteiger partial charge on any atom is -0.325 e. The molecule has 28 heavy (non-hydrogen) atoms. The largest absolute Gasteiger partial charge is 0.325 e. The number of thiazole rings is 1. The number of benzene rings is 1. The van der Waals surface area contributed by atoms with E-state index in [9.17, 15) is 14.0 Å². The molecule has 0 unspecified atom stereocenters. The Kier molecular flexibility index (Phi) is 5.61. The van der Waals surface area contributed by atoms with E-state index in [0.717, 1.165) is 36.3 Å². The van der Waals surface area contributed by atoms with Gasteiger partial charge in [-0.05, 0) is 31.0 Å². The van der Waals surface area contributed by atoms with Crippen molar-refractivity contribution in [2.45, 2.75) is 32.2 Å². The molecule has 2 heterocycles. The summed E-state index contributed by atoms with van der Waals surface area (Å²) in [7, 11) is 0. The molecule has 6 nitrogen and oxygen atoms in total. The van der Waals surface area contributed by atoms with Gasteiger partial charge >= 0.3 is 0 Å². The van der Waals surface area contributed by atoms with Gasteiger partial charge in [0.15, 0.2) is 5.13 Å². The molecule has 1 aliphatic heterocycles. The summed E-state index contributed by atoms with van der Waals surface area (Å²) in [5.41, 5.74) is 1.46. The number of hydrogen-bond donors (Lipinski definition) is 2. The maximum absolute atomic E-state index is 13.2. The molecule has 1 aromatic carbocycles. The van der Waals surface area contributed by atoms with Crippen molar-refractivity contribution in [3.05, 3.63) is 39.6 Å². The number of nitrogens with one attached hydrogen (secondary N) is 2. The second-order valence-electron chi connectivity index (χ2n) is 7.14. The summed E-state index contributed by atoms with van der Waals surface area (Å²) in [6.07, 6.45) is 3.77. The highest BCUT2D eigenvalue weighted by atomic mass is 35.5. The van der Waals surface area contributed by atoms with Gasteiger partial charge in [-0.2, -0.15) is 0 Å². The predicted molar refractivity (Wildman–Crippen MR) is 107 cm³/mol. The quantitative estimate of drug-likeness (QED) is 0.771. The monoisotopic (exact) mass is 422 g/mol. The average molecular weight is 423 g/mol. The molecule has 1 saturated carbocycles. The summed E-state index contributed by atoms with van der Waals surface area (Å²) in [4.78, 5) is 32.0. The van der Waals surface area contributed by atoms with Gasteiger partial charge in [-0.15, -0.1) is 11.3 Å². The Morgan fingerprint density at radius 2 is 2.14 bits per heavy atom. The molecule has 148 valence electrons. The van der Waals surface area contributed by atoms with E-state index in [4.69, 9.17) is 11.6 Å². The first-order chi connectivity index (χ1) is 13.5. The summed E-state index contributed by atoms with van der Waals surface area (Å²) in [5.74, 6) is -0.518. The van der Waals surface area contributed by atoms with E-state index in [2.05, 4.69) is 15.6 Å². The van der Waals surface area contributed by atoms with Gasteiger partial charge in [0.05, 0.1) is 17.3 Å². The van der Waals surface area contributed by atoms with Gasteiger partial charge in [0.2, 0.25) is 11.8 Å². The summed E-state index contributed by atoms with van der Waals surface area (Å²) >= 11 is 7.22. The molecule has 0 bridgehead atoms. The van der Waals surface area contributed by atoms with Crippen LogP contribution < -0.4 is 10.6 Å². The van der Waals surface area contributed by atoms with Gasteiger partial charge in [-0.1, -0.05) is 18.0 Å². The molecule has 1 aromatic heterocycles. The van der Waals surface area contributed by atoms with Crippen LogP contribution in [0.15, 0.2) is 18.2 Å². The van der Waals surface area contributed by atoms with Crippen molar-refractivity contribution in [2.75, 3.05) is 23.7 Å². The zero-order chi connectivity index (χ0) is 19.7. The number of anilines is 2. The number of aromatic nitrogens is 1. The first-order valence-electron chi connectivity index (χ1n) is 9.24. The molecule has 9 heteroatoms. The fourth-order valence-corrected chi connectivity index (χ4v) is 4.53. The number of rotatable bonds is 5. The van der Waals surface area contributed by atoms with E-state index in [1.54, 1.807) is 0 Å². The minimum absolute atomic E-state index is 0.0263. The van der Waals surface area contributed by atoms with Crippen molar-refractivity contribution in [3.8, 4) is 0 Å². The molecule has 0 radical (unpaired) electrons. The van der Waals surface area contributed by atoms with E-state index in [0.29, 0.717) is 23.9 Å². The molecule has 0 atom stereocenters. The number of fused-ring (bicyclic) bond motifs is 1. The molecule has 1 fully saturated rings. The number of nitrogens with zero attached hydrogens (tertiary/aromatic N) is 2. The lowest BCUT2D eigenvalue weighted by Crippen LogP contribution is -2.36. The first-order valence-corrected chi connectivity index (χ1v) is 10.4. The summed E-state index contributed by atoms with van der Waals surface area (Å²) in [5, 5.41) is 6.28. The molecular formula is C19H20ClFN4O2S. The maximum atomic E-state index is 13.2. The fraction of sp³-hybridized carbons (Fsp3) is 0.421. The number of carbonyl (C=O) groups excluding carboxylic acids is 2. The Morgan fingerprint density at radius 1 is 1.32 bits per heavy atom. The lowest BCUT2D eigenvalue weighted by molar-refractivity contribution is -0.122. The van der Waals surface area contributed by atoms with Crippen LogP contribution in [0.2, 0.25) is 5.02 Å². The molecule has 4 rings (SSSR count). The lowest BCUT2D eigenvalue weighted by Gasteiger charge is -2.25. The van der Waals surface area contributed by atoms with E-state index in [-0.39, 0.29) is 29.3 Å². The lowest BCUT2D eigenvalue weighted by atomic mass is 9.85. The summed E-state index contributed by atoms with van der Waals surface area (Å²) < 4.78 is 13.2. The van der Waals surface area contributed by atoms with Crippen molar-refractivity contribution >= 4 is 45.6 Å². The Labute approximate surface area is 171 Å². The van der Waals surface area contributed by atoms with Crippen molar-refractivity contribution in [1.82, 2.24) is 9.88 Å². The van der Waals surface area contributed by atoms with Crippen LogP contribution in [0.4, 0.5) is 15.2 Å². The van der Waals surface area contributed by atoms with Gasteiger partial charge < -0.3 is 10.6 Å². The number of amides is 2. The van der Waals surface area contributed by atoms with E-state index >= 15 is 0 Å². The highest BCUT2D eigenvalue weighted by molar-refractivity contribution is 7.15. The van der Waals surface area contributed by atoms with Crippen LogP contribution >= 0.6 is 22.9 Å². The molecular weight excluding hydrogens is 403 g/mol. The van der Waals surface area contributed by atoms with Crippen LogP contribution in [-0.4, -0.2) is 34.8 Å². The van der Waals surface area contributed by atoms with Gasteiger partial charge in [0.25, 0.3) is 0 Å². The fourth-order valence-electron chi connectivity index (χ4n) is 3.29. The molecule has 1 aliphatic carbocycles. The van der Waals surface area contributed by atoms with E-state index < -0.39 is 5.82 Å². The number of carbonyl (C=O) groups is 2. The van der Waals surface area contributed by atoms with E-state index in [1.807, 2.05) is 4.90 Å². The molecule has 0 spiro atoms. The van der Waals surface area contributed by atoms with Gasteiger partial charge in [-0.25, -0.2) is 9.37 Å². The smallest absolute Gasteiger partial charge is 0.238 e. The molecule has 2 amide bonds. The highest BCUT2D eigenvalue weighted by Gasteiger charge is 2.27. The summed E-state index contributed by atoms with van der Waals surface area (Å²) in [6.45, 7) is 1.55. The molecule has 0 saturated heterocycles. The molecule has 2 aromatic rings. The number of halogens is 2. The zero-order valence-electron chi connectivity index (χ0n) is 15.1. The van der Waals surface area contributed by atoms with E-state index in [1.165, 1.54) is 29.5 Å². The van der Waals surface area contributed by atoms with Crippen LogP contribution in [0.1, 0.15) is 29.8 Å². The van der Waals surface area contributed by atoms with Gasteiger partial charge in [-0.3, -0.25) is 14.5 Å². The Bertz CT molecular complexity index is 915. The van der Waals surface area contributed by atoms with Crippen molar-refractivity contribution in [3.63, 3.8) is 0 Å². The van der Waals surface area contributed by atoms with Crippen LogP contribution in [0.25, 0.3) is 0 Å². The molecule has 2 N–H and O–H groups in total. The van der Waals surface area contributed by atoms with Gasteiger partial charge in [0.1, 0.15) is 5.82 Å². The Morgan fingerprint density at radius 3 is 2.86 bits per heavy atom. The normalized spacial score (nSPS) is 16.9. The second kappa shape index (κ2) is 8.14. The topological polar surface area (TPSA) is 74.3 Å². The van der Waals surface area contributed by atoms with Crippen LogP contribution in [0, 0.1) is 11.7 Å². The second-order valence-corrected chi connectivity index (χ2v) is 8.63. The SMILES string of the molecule is O=C(CN1CCc2nc(NC(=O)C3CCC3)sc2C1)Nc1ccc(F)c(Cl)c1.